The van der Waals surface area contributed by atoms with E-state index in [2.05, 4.69) is 31.3 Å². The zero-order valence-corrected chi connectivity index (χ0v) is 17.8. The molecule has 9 heteroatoms. The van der Waals surface area contributed by atoms with Gasteiger partial charge in [-0.15, -0.1) is 0 Å². The summed E-state index contributed by atoms with van der Waals surface area (Å²) in [5.41, 5.74) is 1.72. The summed E-state index contributed by atoms with van der Waals surface area (Å²) in [4.78, 5) is 24.0. The third-order valence-corrected chi connectivity index (χ3v) is 6.36. The van der Waals surface area contributed by atoms with E-state index in [-0.39, 0.29) is 30.3 Å². The van der Waals surface area contributed by atoms with Crippen LogP contribution in [0.25, 0.3) is 0 Å². The molecule has 2 aromatic carbocycles. The molecule has 0 aliphatic carbocycles. The molecule has 0 saturated heterocycles. The van der Waals surface area contributed by atoms with Gasteiger partial charge < -0.3 is 10.6 Å². The van der Waals surface area contributed by atoms with Crippen LogP contribution < -0.4 is 15.4 Å². The van der Waals surface area contributed by atoms with Gasteiger partial charge in [0.25, 0.3) is 0 Å². The lowest BCUT2D eigenvalue weighted by Gasteiger charge is -2.11. The molecule has 0 radical (unpaired) electrons. The summed E-state index contributed by atoms with van der Waals surface area (Å²) in [6, 6.07) is 13.8. The lowest BCUT2D eigenvalue weighted by molar-refractivity contribution is -0.124. The first-order valence-corrected chi connectivity index (χ1v) is 11.0. The van der Waals surface area contributed by atoms with E-state index in [9.17, 15) is 18.0 Å². The second-order valence-corrected chi connectivity index (χ2v) is 8.50. The molecular formula is C19H22BrN3O4S. The Kier molecular flexibility index (Phi) is 8.16. The lowest BCUT2D eigenvalue weighted by Crippen LogP contribution is -2.35. The first-order valence-electron chi connectivity index (χ1n) is 8.72. The average molecular weight is 468 g/mol. The molecule has 0 atom stereocenters. The van der Waals surface area contributed by atoms with E-state index in [0.29, 0.717) is 10.2 Å². The molecule has 0 bridgehead atoms. The molecule has 0 heterocycles. The minimum Gasteiger partial charge on any atom is -0.347 e. The number of aryl methyl sites for hydroxylation is 1. The fourth-order valence-corrected chi connectivity index (χ4v) is 4.48. The highest BCUT2D eigenvalue weighted by Crippen LogP contribution is 2.20. The van der Waals surface area contributed by atoms with Gasteiger partial charge >= 0.3 is 0 Å². The van der Waals surface area contributed by atoms with Crippen LogP contribution in [-0.2, 0) is 26.0 Å². The molecule has 0 saturated carbocycles. The molecule has 0 spiro atoms. The van der Waals surface area contributed by atoms with Crippen LogP contribution in [0.3, 0.4) is 0 Å². The van der Waals surface area contributed by atoms with E-state index in [0.717, 1.165) is 12.0 Å². The summed E-state index contributed by atoms with van der Waals surface area (Å²) in [6.45, 7) is 1.73. The number of halogens is 1. The molecule has 2 amide bonds. The third kappa shape index (κ3) is 6.43. The van der Waals surface area contributed by atoms with Gasteiger partial charge in [-0.25, -0.2) is 13.1 Å². The van der Waals surface area contributed by atoms with Crippen LogP contribution in [-0.4, -0.2) is 33.3 Å². The van der Waals surface area contributed by atoms with E-state index >= 15 is 0 Å². The first-order chi connectivity index (χ1) is 13.3. The van der Waals surface area contributed by atoms with Crippen molar-refractivity contribution < 1.29 is 18.0 Å². The van der Waals surface area contributed by atoms with E-state index in [1.165, 1.54) is 6.07 Å². The summed E-state index contributed by atoms with van der Waals surface area (Å²) < 4.78 is 27.3. The number of carbonyl (C=O) groups is 2. The highest BCUT2D eigenvalue weighted by Gasteiger charge is 2.17. The molecule has 0 aliphatic rings. The predicted octanol–water partition coefficient (Wildman–Crippen LogP) is 2.43. The Morgan fingerprint density at radius 1 is 1.00 bits per heavy atom. The summed E-state index contributed by atoms with van der Waals surface area (Å²) in [5, 5.41) is 5.24. The number of rotatable bonds is 9. The molecule has 3 N–H and O–H groups in total. The molecule has 0 aliphatic heterocycles. The van der Waals surface area contributed by atoms with Crippen molar-refractivity contribution in [2.24, 2.45) is 0 Å². The minimum atomic E-state index is -3.72. The highest BCUT2D eigenvalue weighted by atomic mass is 79.9. The SMILES string of the molecule is CCc1ccccc1NC(=O)CNC(=O)CCNS(=O)(=O)c1ccccc1Br. The predicted molar refractivity (Wildman–Crippen MR) is 111 cm³/mol. The Balaban J connectivity index is 1.77. The Hall–Kier alpha value is -2.23. The summed E-state index contributed by atoms with van der Waals surface area (Å²) in [5.74, 6) is -0.767. The van der Waals surface area contributed by atoms with Crippen molar-refractivity contribution >= 4 is 43.5 Å². The monoisotopic (exact) mass is 467 g/mol. The van der Waals surface area contributed by atoms with Gasteiger partial charge in [0.05, 0.1) is 11.4 Å². The third-order valence-electron chi connectivity index (χ3n) is 3.89. The van der Waals surface area contributed by atoms with Crippen molar-refractivity contribution in [3.63, 3.8) is 0 Å². The number of para-hydroxylation sites is 1. The minimum absolute atomic E-state index is 0.0736. The van der Waals surface area contributed by atoms with E-state index in [4.69, 9.17) is 0 Å². The normalized spacial score (nSPS) is 11.1. The Bertz CT molecular complexity index is 948. The van der Waals surface area contributed by atoms with Crippen molar-refractivity contribution in [1.29, 1.82) is 0 Å². The van der Waals surface area contributed by atoms with Crippen LogP contribution in [0.2, 0.25) is 0 Å². The van der Waals surface area contributed by atoms with Gasteiger partial charge in [-0.2, -0.15) is 0 Å². The molecule has 28 heavy (non-hydrogen) atoms. The quantitative estimate of drug-likeness (QED) is 0.526. The summed E-state index contributed by atoms with van der Waals surface area (Å²) >= 11 is 3.19. The standard InChI is InChI=1S/C19H22BrN3O4S/c1-2-14-7-3-5-9-16(14)23-19(25)13-21-18(24)11-12-22-28(26,27)17-10-6-4-8-15(17)20/h3-10,22H,2,11-13H2,1H3,(H,21,24)(H,23,25). The molecule has 0 aromatic heterocycles. The number of anilines is 1. The van der Waals surface area contributed by atoms with Crippen LogP contribution in [0.1, 0.15) is 18.9 Å². The van der Waals surface area contributed by atoms with Gasteiger partial charge in [0.2, 0.25) is 21.8 Å². The molecule has 7 nitrogen and oxygen atoms in total. The lowest BCUT2D eigenvalue weighted by atomic mass is 10.1. The second kappa shape index (κ2) is 10.4. The zero-order chi connectivity index (χ0) is 20.6. The van der Waals surface area contributed by atoms with Crippen molar-refractivity contribution in [2.75, 3.05) is 18.4 Å². The maximum absolute atomic E-state index is 12.2. The maximum atomic E-state index is 12.2. The van der Waals surface area contributed by atoms with Gasteiger partial charge in [-0.3, -0.25) is 9.59 Å². The second-order valence-electron chi connectivity index (χ2n) is 5.91. The average Bonchev–Trinajstić information content (AvgIpc) is 2.67. The van der Waals surface area contributed by atoms with Gasteiger partial charge in [-0.05, 0) is 46.1 Å². The van der Waals surface area contributed by atoms with Gasteiger partial charge in [0, 0.05) is 23.1 Å². The van der Waals surface area contributed by atoms with Crippen LogP contribution in [0.15, 0.2) is 57.9 Å². The van der Waals surface area contributed by atoms with Crippen LogP contribution in [0.5, 0.6) is 0 Å². The molecular weight excluding hydrogens is 446 g/mol. The molecule has 150 valence electrons. The fourth-order valence-electron chi connectivity index (χ4n) is 2.45. The number of hydrogen-bond donors (Lipinski definition) is 3. The molecule has 2 rings (SSSR count). The Morgan fingerprint density at radius 2 is 1.68 bits per heavy atom. The molecule has 0 fully saturated rings. The largest absolute Gasteiger partial charge is 0.347 e. The van der Waals surface area contributed by atoms with Crippen molar-refractivity contribution in [3.8, 4) is 0 Å². The number of sulfonamides is 1. The number of hydrogen-bond acceptors (Lipinski definition) is 4. The zero-order valence-electron chi connectivity index (χ0n) is 15.4. The Morgan fingerprint density at radius 3 is 2.39 bits per heavy atom. The topological polar surface area (TPSA) is 104 Å². The molecule has 2 aromatic rings. The first kappa shape index (κ1) is 22.1. The number of benzene rings is 2. The van der Waals surface area contributed by atoms with Crippen molar-refractivity contribution in [3.05, 3.63) is 58.6 Å². The van der Waals surface area contributed by atoms with E-state index < -0.39 is 15.9 Å². The van der Waals surface area contributed by atoms with Crippen LogP contribution in [0.4, 0.5) is 5.69 Å². The van der Waals surface area contributed by atoms with Crippen LogP contribution in [0, 0.1) is 0 Å². The van der Waals surface area contributed by atoms with Gasteiger partial charge in [-0.1, -0.05) is 37.3 Å². The maximum Gasteiger partial charge on any atom is 0.243 e. The fraction of sp³-hybridized carbons (Fsp3) is 0.263. The number of amides is 2. The number of carbonyl (C=O) groups excluding carboxylic acids is 2. The van der Waals surface area contributed by atoms with Crippen molar-refractivity contribution in [2.45, 2.75) is 24.7 Å². The van der Waals surface area contributed by atoms with Gasteiger partial charge in [0.1, 0.15) is 0 Å². The van der Waals surface area contributed by atoms with Crippen molar-refractivity contribution in [1.82, 2.24) is 10.0 Å². The summed E-state index contributed by atoms with van der Waals surface area (Å²) in [7, 11) is -3.72. The van der Waals surface area contributed by atoms with E-state index in [1.807, 2.05) is 25.1 Å². The Labute approximate surface area is 173 Å². The molecule has 0 unspecified atom stereocenters. The van der Waals surface area contributed by atoms with E-state index in [1.54, 1.807) is 24.3 Å². The smallest absolute Gasteiger partial charge is 0.243 e. The highest BCUT2D eigenvalue weighted by molar-refractivity contribution is 9.10. The van der Waals surface area contributed by atoms with Gasteiger partial charge in [0.15, 0.2) is 0 Å². The number of nitrogens with one attached hydrogen (secondary N) is 3. The van der Waals surface area contributed by atoms with Crippen LogP contribution >= 0.6 is 15.9 Å². The summed E-state index contributed by atoms with van der Waals surface area (Å²) in [6.07, 6.45) is 0.697.